The van der Waals surface area contributed by atoms with Crippen LogP contribution < -0.4 is 5.73 Å². The normalized spacial score (nSPS) is 12.4. The molecule has 0 aliphatic rings. The highest BCUT2D eigenvalue weighted by Gasteiger charge is 1.85. The van der Waals surface area contributed by atoms with E-state index in [4.69, 9.17) is 5.73 Å². The molecule has 0 aromatic heterocycles. The van der Waals surface area contributed by atoms with E-state index in [-0.39, 0.29) is 0 Å². The summed E-state index contributed by atoms with van der Waals surface area (Å²) in [4.78, 5) is 0. The van der Waals surface area contributed by atoms with Crippen LogP contribution in [0.1, 0.15) is 0 Å². The summed E-state index contributed by atoms with van der Waals surface area (Å²) in [6, 6.07) is 0. The molecular formula is C8H12FN. The van der Waals surface area contributed by atoms with Crippen LogP contribution in [0.25, 0.3) is 0 Å². The number of allylic oxidation sites excluding steroid dienone is 4. The third-order valence-corrected chi connectivity index (χ3v) is 0.954. The summed E-state index contributed by atoms with van der Waals surface area (Å²) < 4.78 is 12.0. The Kier molecular flexibility index (Phi) is 5.68. The first kappa shape index (κ1) is 9.11. The number of alkyl halides is 1. The van der Waals surface area contributed by atoms with Crippen molar-refractivity contribution in [3.8, 4) is 0 Å². The van der Waals surface area contributed by atoms with Crippen LogP contribution in [0.4, 0.5) is 4.39 Å². The van der Waals surface area contributed by atoms with Gasteiger partial charge < -0.3 is 5.73 Å². The number of hydrogen-bond donors (Lipinski definition) is 1. The summed E-state index contributed by atoms with van der Waals surface area (Å²) >= 11 is 0. The maximum Gasteiger partial charge on any atom is 0.115 e. The van der Waals surface area contributed by atoms with E-state index in [2.05, 4.69) is 6.58 Å². The molecule has 2 N–H and O–H groups in total. The monoisotopic (exact) mass is 141 g/mol. The van der Waals surface area contributed by atoms with Gasteiger partial charge in [-0.1, -0.05) is 30.9 Å². The SMILES string of the molecule is C=C/C=C(\C=C\CN)CF. The number of nitrogens with two attached hydrogens (primary N) is 1. The largest absolute Gasteiger partial charge is 0.327 e. The van der Waals surface area contributed by atoms with Crippen molar-refractivity contribution in [1.29, 1.82) is 0 Å². The standard InChI is InChI=1S/C8H12FN/c1-2-4-8(7-9)5-3-6-10/h2-5H,1,6-7,10H2/b5-3+,8-4+. The van der Waals surface area contributed by atoms with Crippen molar-refractivity contribution in [2.45, 2.75) is 0 Å². The van der Waals surface area contributed by atoms with Gasteiger partial charge in [0.1, 0.15) is 6.67 Å². The molecule has 0 saturated carbocycles. The van der Waals surface area contributed by atoms with Crippen LogP contribution >= 0.6 is 0 Å². The summed E-state index contributed by atoms with van der Waals surface area (Å²) in [5, 5.41) is 0. The molecule has 1 nitrogen and oxygen atoms in total. The summed E-state index contributed by atoms with van der Waals surface area (Å²) in [6.45, 7) is 3.42. The van der Waals surface area contributed by atoms with E-state index in [0.29, 0.717) is 12.1 Å². The number of hydrogen-bond acceptors (Lipinski definition) is 1. The van der Waals surface area contributed by atoms with Gasteiger partial charge >= 0.3 is 0 Å². The van der Waals surface area contributed by atoms with Gasteiger partial charge in [0.2, 0.25) is 0 Å². The summed E-state index contributed by atoms with van der Waals surface area (Å²) in [6.07, 6.45) is 6.53. The molecule has 0 aromatic carbocycles. The molecule has 0 fully saturated rings. The van der Waals surface area contributed by atoms with Crippen LogP contribution in [0, 0.1) is 0 Å². The van der Waals surface area contributed by atoms with Crippen LogP contribution in [0.15, 0.2) is 36.5 Å². The Morgan fingerprint density at radius 2 is 2.30 bits per heavy atom. The van der Waals surface area contributed by atoms with Crippen LogP contribution in [-0.4, -0.2) is 13.2 Å². The number of halogens is 1. The van der Waals surface area contributed by atoms with E-state index in [1.54, 1.807) is 24.3 Å². The maximum atomic E-state index is 12.0. The second kappa shape index (κ2) is 6.23. The van der Waals surface area contributed by atoms with Crippen LogP contribution in [0.5, 0.6) is 0 Å². The topological polar surface area (TPSA) is 26.0 Å². The quantitative estimate of drug-likeness (QED) is 0.591. The van der Waals surface area contributed by atoms with Gasteiger partial charge in [0, 0.05) is 6.54 Å². The molecule has 2 heteroatoms. The maximum absolute atomic E-state index is 12.0. The van der Waals surface area contributed by atoms with E-state index in [1.165, 1.54) is 0 Å². The molecule has 10 heavy (non-hydrogen) atoms. The van der Waals surface area contributed by atoms with E-state index in [0.717, 1.165) is 0 Å². The number of rotatable bonds is 4. The highest BCUT2D eigenvalue weighted by Crippen LogP contribution is 1.96. The highest BCUT2D eigenvalue weighted by atomic mass is 19.1. The lowest BCUT2D eigenvalue weighted by Crippen LogP contribution is -1.93. The zero-order chi connectivity index (χ0) is 7.82. The lowest BCUT2D eigenvalue weighted by atomic mass is 10.2. The molecule has 0 aliphatic heterocycles. The second-order valence-corrected chi connectivity index (χ2v) is 1.75. The predicted octanol–water partition coefficient (Wildman–Crippen LogP) is 1.58. The van der Waals surface area contributed by atoms with Crippen molar-refractivity contribution < 1.29 is 4.39 Å². The Morgan fingerprint density at radius 1 is 1.60 bits per heavy atom. The smallest absolute Gasteiger partial charge is 0.115 e. The molecule has 0 saturated heterocycles. The molecule has 0 spiro atoms. The second-order valence-electron chi connectivity index (χ2n) is 1.75. The zero-order valence-electron chi connectivity index (χ0n) is 5.89. The Labute approximate surface area is 60.7 Å². The highest BCUT2D eigenvalue weighted by molar-refractivity contribution is 5.23. The zero-order valence-corrected chi connectivity index (χ0v) is 5.89. The fourth-order valence-electron chi connectivity index (χ4n) is 0.515. The van der Waals surface area contributed by atoms with Gasteiger partial charge in [0.15, 0.2) is 0 Å². The van der Waals surface area contributed by atoms with Gasteiger partial charge in [-0.05, 0) is 5.57 Å². The average molecular weight is 141 g/mol. The lowest BCUT2D eigenvalue weighted by molar-refractivity contribution is 0.549. The van der Waals surface area contributed by atoms with Gasteiger partial charge in [-0.3, -0.25) is 0 Å². The molecule has 0 heterocycles. The predicted molar refractivity (Wildman–Crippen MR) is 42.4 cm³/mol. The molecule has 56 valence electrons. The molecule has 0 rings (SSSR count). The first-order valence-corrected chi connectivity index (χ1v) is 3.09. The minimum absolute atomic E-state index is 0.439. The van der Waals surface area contributed by atoms with Crippen molar-refractivity contribution in [3.05, 3.63) is 36.5 Å². The lowest BCUT2D eigenvalue weighted by Gasteiger charge is -1.89. The van der Waals surface area contributed by atoms with Gasteiger partial charge in [0.25, 0.3) is 0 Å². The van der Waals surface area contributed by atoms with E-state index in [1.807, 2.05) is 0 Å². The minimum atomic E-state index is -0.470. The van der Waals surface area contributed by atoms with Crippen LogP contribution in [-0.2, 0) is 0 Å². The van der Waals surface area contributed by atoms with Crippen molar-refractivity contribution in [2.24, 2.45) is 5.73 Å². The van der Waals surface area contributed by atoms with E-state index in [9.17, 15) is 4.39 Å². The molecule has 0 aliphatic carbocycles. The Hall–Kier alpha value is -0.890. The third-order valence-electron chi connectivity index (χ3n) is 0.954. The molecule has 0 atom stereocenters. The summed E-state index contributed by atoms with van der Waals surface area (Å²) in [5.41, 5.74) is 5.76. The molecule has 0 amide bonds. The van der Waals surface area contributed by atoms with Crippen molar-refractivity contribution in [3.63, 3.8) is 0 Å². The Bertz CT molecular complexity index is 147. The molecule has 0 unspecified atom stereocenters. The first-order valence-electron chi connectivity index (χ1n) is 3.09. The Morgan fingerprint density at radius 3 is 2.70 bits per heavy atom. The van der Waals surface area contributed by atoms with E-state index >= 15 is 0 Å². The summed E-state index contributed by atoms with van der Waals surface area (Å²) in [5.74, 6) is 0. The van der Waals surface area contributed by atoms with Gasteiger partial charge in [-0.25, -0.2) is 4.39 Å². The van der Waals surface area contributed by atoms with Gasteiger partial charge in [-0.2, -0.15) is 0 Å². The van der Waals surface area contributed by atoms with Crippen LogP contribution in [0.3, 0.4) is 0 Å². The van der Waals surface area contributed by atoms with Crippen molar-refractivity contribution in [2.75, 3.05) is 13.2 Å². The molecule has 0 radical (unpaired) electrons. The fraction of sp³-hybridized carbons (Fsp3) is 0.250. The van der Waals surface area contributed by atoms with Crippen LogP contribution in [0.2, 0.25) is 0 Å². The van der Waals surface area contributed by atoms with Gasteiger partial charge in [0.05, 0.1) is 0 Å². The Balaban J connectivity index is 3.94. The minimum Gasteiger partial charge on any atom is -0.327 e. The summed E-state index contributed by atoms with van der Waals surface area (Å²) in [7, 11) is 0. The molecule has 0 bridgehead atoms. The van der Waals surface area contributed by atoms with E-state index < -0.39 is 6.67 Å². The fourth-order valence-corrected chi connectivity index (χ4v) is 0.515. The molecular weight excluding hydrogens is 129 g/mol. The van der Waals surface area contributed by atoms with Crippen molar-refractivity contribution >= 4 is 0 Å². The third kappa shape index (κ3) is 4.04. The average Bonchev–Trinajstić information content (AvgIpc) is 1.98. The molecule has 0 aromatic rings. The van der Waals surface area contributed by atoms with Gasteiger partial charge in [-0.15, -0.1) is 0 Å². The van der Waals surface area contributed by atoms with Crippen molar-refractivity contribution in [1.82, 2.24) is 0 Å². The first-order chi connectivity index (χ1) is 4.85.